The zero-order valence-corrected chi connectivity index (χ0v) is 16.3. The summed E-state index contributed by atoms with van der Waals surface area (Å²) in [5.41, 5.74) is -1.07. The van der Waals surface area contributed by atoms with Crippen molar-refractivity contribution >= 4 is 6.08 Å². The van der Waals surface area contributed by atoms with E-state index in [0.717, 1.165) is 25.7 Å². The van der Waals surface area contributed by atoms with E-state index in [-0.39, 0.29) is 17.0 Å². The lowest BCUT2D eigenvalue weighted by Crippen LogP contribution is -2.13. The van der Waals surface area contributed by atoms with E-state index in [1.165, 1.54) is 25.3 Å². The fourth-order valence-electron chi connectivity index (χ4n) is 3.82. The Labute approximate surface area is 168 Å². The summed E-state index contributed by atoms with van der Waals surface area (Å²) >= 11 is 0. The number of allylic oxidation sites excluding steroid dienone is 2. The largest absolute Gasteiger partial charge is 0.497 e. The quantitative estimate of drug-likeness (QED) is 0.370. The zero-order valence-electron chi connectivity index (χ0n) is 16.3. The minimum Gasteiger partial charge on any atom is -0.497 e. The molecule has 0 heterocycles. The average molecular weight is 404 g/mol. The molecule has 0 radical (unpaired) electrons. The Bertz CT molecular complexity index is 873. The molecule has 0 saturated heterocycles. The fourth-order valence-corrected chi connectivity index (χ4v) is 3.82. The van der Waals surface area contributed by atoms with Crippen LogP contribution in [0.4, 0.5) is 17.6 Å². The van der Waals surface area contributed by atoms with E-state index in [2.05, 4.69) is 6.58 Å². The number of ether oxygens (including phenoxy) is 1. The van der Waals surface area contributed by atoms with Gasteiger partial charge < -0.3 is 4.74 Å². The summed E-state index contributed by atoms with van der Waals surface area (Å²) in [6, 6.07) is 9.03. The molecule has 1 aliphatic rings. The van der Waals surface area contributed by atoms with Crippen molar-refractivity contribution in [3.63, 3.8) is 0 Å². The number of hydrogen-bond donors (Lipinski definition) is 0. The summed E-state index contributed by atoms with van der Waals surface area (Å²) in [5, 5.41) is 0. The second kappa shape index (κ2) is 8.85. The molecule has 0 aromatic heterocycles. The van der Waals surface area contributed by atoms with Crippen LogP contribution in [0.15, 0.2) is 55.1 Å². The van der Waals surface area contributed by atoms with Gasteiger partial charge in [0.1, 0.15) is 11.6 Å². The van der Waals surface area contributed by atoms with Gasteiger partial charge in [0.05, 0.1) is 12.7 Å². The van der Waals surface area contributed by atoms with Gasteiger partial charge in [-0.25, -0.2) is 4.39 Å². The predicted molar refractivity (Wildman–Crippen MR) is 108 cm³/mol. The molecule has 1 saturated carbocycles. The molecule has 3 rings (SSSR count). The van der Waals surface area contributed by atoms with Crippen LogP contribution in [0.3, 0.4) is 0 Å². The first-order valence-electron chi connectivity index (χ1n) is 9.68. The Balaban J connectivity index is 1.92. The molecule has 1 nitrogen and oxygen atoms in total. The summed E-state index contributed by atoms with van der Waals surface area (Å²) in [6.45, 7) is 3.80. The van der Waals surface area contributed by atoms with Gasteiger partial charge in [0.15, 0.2) is 0 Å². The lowest BCUT2D eigenvalue weighted by atomic mass is 9.81. The van der Waals surface area contributed by atoms with Crippen molar-refractivity contribution in [2.24, 2.45) is 11.8 Å². The van der Waals surface area contributed by atoms with Gasteiger partial charge in [-0.1, -0.05) is 42.5 Å². The molecule has 1 fully saturated rings. The second-order valence-corrected chi connectivity index (χ2v) is 7.39. The SMILES string of the molecule is C=CC1CCC(C=Cc2ccc(-c3ccc(OC)cc3)c(F)c2C(F)(F)F)CC1. The van der Waals surface area contributed by atoms with Gasteiger partial charge in [-0.05, 0) is 60.8 Å². The topological polar surface area (TPSA) is 9.23 Å². The van der Waals surface area contributed by atoms with E-state index in [4.69, 9.17) is 4.74 Å². The van der Waals surface area contributed by atoms with Crippen LogP contribution in [-0.4, -0.2) is 7.11 Å². The first kappa shape index (κ1) is 21.2. The van der Waals surface area contributed by atoms with E-state index in [0.29, 0.717) is 17.2 Å². The van der Waals surface area contributed by atoms with Crippen LogP contribution < -0.4 is 4.74 Å². The molecule has 0 aliphatic heterocycles. The molecule has 0 bridgehead atoms. The summed E-state index contributed by atoms with van der Waals surface area (Å²) in [4.78, 5) is 0. The molecule has 0 unspecified atom stereocenters. The molecule has 154 valence electrons. The number of alkyl halides is 3. The summed E-state index contributed by atoms with van der Waals surface area (Å²) in [7, 11) is 1.49. The number of benzene rings is 2. The van der Waals surface area contributed by atoms with Crippen LogP contribution in [0.1, 0.15) is 36.8 Å². The standard InChI is InChI=1S/C24H24F4O/c1-3-16-4-6-17(7-5-16)8-9-19-12-15-21(23(25)22(19)24(26,27)28)18-10-13-20(29-2)14-11-18/h3,8-17H,1,4-7H2,2H3. The Morgan fingerprint density at radius 2 is 1.59 bits per heavy atom. The van der Waals surface area contributed by atoms with Gasteiger partial charge in [-0.3, -0.25) is 0 Å². The highest BCUT2D eigenvalue weighted by Gasteiger charge is 2.37. The number of halogens is 4. The highest BCUT2D eigenvalue weighted by molar-refractivity contribution is 5.70. The maximum absolute atomic E-state index is 15.0. The van der Waals surface area contributed by atoms with Gasteiger partial charge in [-0.15, -0.1) is 6.58 Å². The lowest BCUT2D eigenvalue weighted by molar-refractivity contribution is -0.140. The molecule has 29 heavy (non-hydrogen) atoms. The Morgan fingerprint density at radius 3 is 2.14 bits per heavy atom. The van der Waals surface area contributed by atoms with Gasteiger partial charge in [-0.2, -0.15) is 13.2 Å². The monoisotopic (exact) mass is 404 g/mol. The van der Waals surface area contributed by atoms with Crippen molar-refractivity contribution in [2.45, 2.75) is 31.9 Å². The number of rotatable bonds is 5. The molecule has 0 amide bonds. The fraction of sp³-hybridized carbons (Fsp3) is 0.333. The van der Waals surface area contributed by atoms with E-state index in [1.54, 1.807) is 30.3 Å². The molecule has 0 spiro atoms. The highest BCUT2D eigenvalue weighted by Crippen LogP contribution is 2.39. The second-order valence-electron chi connectivity index (χ2n) is 7.39. The van der Waals surface area contributed by atoms with Crippen molar-refractivity contribution in [3.05, 3.63) is 72.1 Å². The zero-order chi connectivity index (χ0) is 21.0. The normalized spacial score (nSPS) is 20.0. The Hall–Kier alpha value is -2.56. The molecule has 0 N–H and O–H groups in total. The van der Waals surface area contributed by atoms with Gasteiger partial charge in [0, 0.05) is 5.56 Å². The third-order valence-corrected chi connectivity index (χ3v) is 5.56. The molecule has 2 aromatic rings. The van der Waals surface area contributed by atoms with Crippen LogP contribution in [-0.2, 0) is 6.18 Å². The van der Waals surface area contributed by atoms with Crippen molar-refractivity contribution in [3.8, 4) is 16.9 Å². The molecule has 1 aliphatic carbocycles. The summed E-state index contributed by atoms with van der Waals surface area (Å²) in [5.74, 6) is -0.0145. The van der Waals surface area contributed by atoms with Crippen molar-refractivity contribution < 1.29 is 22.3 Å². The molecule has 5 heteroatoms. The third-order valence-electron chi connectivity index (χ3n) is 5.56. The van der Waals surface area contributed by atoms with E-state index < -0.39 is 17.6 Å². The van der Waals surface area contributed by atoms with Crippen LogP contribution in [0.2, 0.25) is 0 Å². The number of methoxy groups -OCH3 is 1. The van der Waals surface area contributed by atoms with Gasteiger partial charge >= 0.3 is 6.18 Å². The maximum Gasteiger partial charge on any atom is 0.419 e. The molecular weight excluding hydrogens is 380 g/mol. The van der Waals surface area contributed by atoms with Crippen molar-refractivity contribution in [1.82, 2.24) is 0 Å². The van der Waals surface area contributed by atoms with Crippen LogP contribution in [0.25, 0.3) is 17.2 Å². The van der Waals surface area contributed by atoms with Crippen molar-refractivity contribution in [2.75, 3.05) is 7.11 Å². The lowest BCUT2D eigenvalue weighted by Gasteiger charge is -2.24. The van der Waals surface area contributed by atoms with Crippen LogP contribution >= 0.6 is 0 Å². The minimum atomic E-state index is -4.78. The first-order valence-corrected chi connectivity index (χ1v) is 9.68. The molecule has 2 aromatic carbocycles. The highest BCUT2D eigenvalue weighted by atomic mass is 19.4. The van der Waals surface area contributed by atoms with Gasteiger partial charge in [0.2, 0.25) is 0 Å². The minimum absolute atomic E-state index is 0.0800. The van der Waals surface area contributed by atoms with E-state index >= 15 is 0 Å². The smallest absolute Gasteiger partial charge is 0.419 e. The van der Waals surface area contributed by atoms with Crippen LogP contribution in [0.5, 0.6) is 5.75 Å². The van der Waals surface area contributed by atoms with E-state index in [9.17, 15) is 17.6 Å². The van der Waals surface area contributed by atoms with Gasteiger partial charge in [0.25, 0.3) is 0 Å². The average Bonchev–Trinajstić information content (AvgIpc) is 2.72. The van der Waals surface area contributed by atoms with Crippen LogP contribution in [0, 0.1) is 17.7 Å². The number of hydrogen-bond acceptors (Lipinski definition) is 1. The first-order chi connectivity index (χ1) is 13.8. The summed E-state index contributed by atoms with van der Waals surface area (Å²) in [6.07, 6.45) is 4.13. The predicted octanol–water partition coefficient (Wildman–Crippen LogP) is 7.53. The molecular formula is C24H24F4O. The van der Waals surface area contributed by atoms with E-state index in [1.807, 2.05) is 6.08 Å². The molecule has 0 atom stereocenters. The Morgan fingerprint density at radius 1 is 0.966 bits per heavy atom. The Kier molecular flexibility index (Phi) is 6.46. The third kappa shape index (κ3) is 4.89. The summed E-state index contributed by atoms with van der Waals surface area (Å²) < 4.78 is 61.1. The maximum atomic E-state index is 15.0. The van der Waals surface area contributed by atoms with Crippen molar-refractivity contribution in [1.29, 1.82) is 0 Å².